The number of rotatable bonds is 6. The van der Waals surface area contributed by atoms with E-state index in [0.717, 1.165) is 17.0 Å². The summed E-state index contributed by atoms with van der Waals surface area (Å²) in [4.78, 5) is 16.8. The number of nitrogens with zero attached hydrogens (tertiary/aromatic N) is 3. The van der Waals surface area contributed by atoms with E-state index in [1.165, 1.54) is 11.3 Å². The van der Waals surface area contributed by atoms with Crippen molar-refractivity contribution in [2.45, 2.75) is 12.5 Å². The van der Waals surface area contributed by atoms with E-state index in [0.29, 0.717) is 18.0 Å². The molecule has 1 amide bonds. The molecule has 24 heavy (non-hydrogen) atoms. The Balaban J connectivity index is 1.68. The summed E-state index contributed by atoms with van der Waals surface area (Å²) in [6, 6.07) is 11.7. The number of carbonyl (C=O) groups is 1. The lowest BCUT2D eigenvalue weighted by Crippen LogP contribution is -2.41. The molecule has 7 heteroatoms. The number of amides is 1. The van der Waals surface area contributed by atoms with Crippen molar-refractivity contribution in [2.24, 2.45) is 12.8 Å². The van der Waals surface area contributed by atoms with Crippen molar-refractivity contribution >= 4 is 17.2 Å². The highest BCUT2D eigenvalue weighted by atomic mass is 32.1. The second-order valence-corrected chi connectivity index (χ2v) is 6.33. The average molecular weight is 341 g/mol. The largest absolute Gasteiger partial charge is 0.346 e. The molecule has 0 aliphatic carbocycles. The molecule has 1 atom stereocenters. The summed E-state index contributed by atoms with van der Waals surface area (Å²) in [5.41, 5.74) is 8.57. The molecule has 0 spiro atoms. The van der Waals surface area contributed by atoms with E-state index in [9.17, 15) is 4.79 Å². The smallest absolute Gasteiger partial charge is 0.280 e. The fourth-order valence-corrected chi connectivity index (χ4v) is 3.17. The molecule has 0 saturated heterocycles. The van der Waals surface area contributed by atoms with Gasteiger partial charge in [-0.25, -0.2) is 4.98 Å². The van der Waals surface area contributed by atoms with Crippen molar-refractivity contribution in [3.8, 4) is 11.4 Å². The molecule has 6 nitrogen and oxygen atoms in total. The van der Waals surface area contributed by atoms with Crippen LogP contribution in [-0.2, 0) is 13.5 Å². The molecule has 0 aliphatic heterocycles. The predicted octanol–water partition coefficient (Wildman–Crippen LogP) is 1.84. The van der Waals surface area contributed by atoms with Crippen molar-refractivity contribution in [2.75, 3.05) is 6.54 Å². The van der Waals surface area contributed by atoms with Crippen molar-refractivity contribution in [1.29, 1.82) is 0 Å². The Bertz CT molecular complexity index is 811. The molecule has 0 radical (unpaired) electrons. The van der Waals surface area contributed by atoms with Gasteiger partial charge in [-0.15, -0.1) is 11.3 Å². The molecule has 2 heterocycles. The van der Waals surface area contributed by atoms with Gasteiger partial charge in [-0.05, 0) is 18.1 Å². The molecule has 1 aromatic carbocycles. The maximum Gasteiger partial charge on any atom is 0.280 e. The number of benzene rings is 1. The summed E-state index contributed by atoms with van der Waals surface area (Å²) >= 11 is 1.32. The number of carbonyl (C=O) groups excluding carboxylic acids is 1. The molecule has 3 N–H and O–H groups in total. The molecule has 1 unspecified atom stereocenters. The van der Waals surface area contributed by atoms with Crippen LogP contribution in [0.15, 0.2) is 48.0 Å². The van der Waals surface area contributed by atoms with Crippen molar-refractivity contribution in [3.05, 3.63) is 58.5 Å². The van der Waals surface area contributed by atoms with Gasteiger partial charge in [0.2, 0.25) is 0 Å². The quantitative estimate of drug-likeness (QED) is 0.716. The zero-order chi connectivity index (χ0) is 16.9. The predicted molar refractivity (Wildman–Crippen MR) is 94.8 cm³/mol. The lowest BCUT2D eigenvalue weighted by Gasteiger charge is -2.16. The van der Waals surface area contributed by atoms with Crippen molar-refractivity contribution < 1.29 is 4.79 Å². The van der Waals surface area contributed by atoms with Crippen LogP contribution in [0.5, 0.6) is 0 Å². The molecule has 3 rings (SSSR count). The molecule has 0 aliphatic rings. The molecular weight excluding hydrogens is 322 g/mol. The third-order valence-corrected chi connectivity index (χ3v) is 4.57. The van der Waals surface area contributed by atoms with Gasteiger partial charge in [0.25, 0.3) is 5.91 Å². The second kappa shape index (κ2) is 7.37. The molecule has 3 aromatic rings. The molecule has 0 fully saturated rings. The Labute approximate surface area is 144 Å². The van der Waals surface area contributed by atoms with Crippen molar-refractivity contribution in [3.63, 3.8) is 0 Å². The number of thiazole rings is 1. The summed E-state index contributed by atoms with van der Waals surface area (Å²) in [6.45, 7) is 0.376. The third kappa shape index (κ3) is 3.69. The van der Waals surface area contributed by atoms with Crippen LogP contribution in [0.2, 0.25) is 0 Å². The van der Waals surface area contributed by atoms with E-state index in [-0.39, 0.29) is 11.9 Å². The van der Waals surface area contributed by atoms with E-state index in [1.807, 2.05) is 48.8 Å². The Morgan fingerprint density at radius 1 is 1.33 bits per heavy atom. The van der Waals surface area contributed by atoms with Gasteiger partial charge in [0.05, 0.1) is 5.69 Å². The number of aryl methyl sites for hydroxylation is 1. The molecule has 2 aromatic heterocycles. The van der Waals surface area contributed by atoms with Crippen LogP contribution in [-0.4, -0.2) is 33.3 Å². The molecule has 124 valence electrons. The second-order valence-electron chi connectivity index (χ2n) is 5.47. The highest BCUT2D eigenvalue weighted by molar-refractivity contribution is 7.12. The van der Waals surface area contributed by atoms with Gasteiger partial charge in [0, 0.05) is 31.2 Å². The lowest BCUT2D eigenvalue weighted by molar-refractivity contribution is 0.0937. The first-order valence-corrected chi connectivity index (χ1v) is 8.54. The molecular formula is C17H19N5OS. The van der Waals surface area contributed by atoms with Gasteiger partial charge >= 0.3 is 0 Å². The summed E-state index contributed by atoms with van der Waals surface area (Å²) in [6.07, 6.45) is 2.40. The van der Waals surface area contributed by atoms with Gasteiger partial charge < -0.3 is 11.1 Å². The van der Waals surface area contributed by atoms with Crippen LogP contribution in [0, 0.1) is 0 Å². The number of nitrogens with two attached hydrogens (primary N) is 1. The van der Waals surface area contributed by atoms with E-state index < -0.39 is 0 Å². The first kappa shape index (κ1) is 16.4. The van der Waals surface area contributed by atoms with Gasteiger partial charge in [-0.2, -0.15) is 5.10 Å². The standard InChI is InChI=1S/C17H19N5OS/c1-22-15(7-8-19-22)14-11-24-17(21-14)16(23)20-13(10-18)9-12-5-3-2-4-6-12/h2-8,11,13H,9-10,18H2,1H3,(H,20,23). The summed E-state index contributed by atoms with van der Waals surface area (Å²) in [5, 5.41) is 9.38. The third-order valence-electron chi connectivity index (χ3n) is 3.73. The van der Waals surface area contributed by atoms with Crippen LogP contribution in [0.25, 0.3) is 11.4 Å². The fraction of sp³-hybridized carbons (Fsp3) is 0.235. The van der Waals surface area contributed by atoms with Crippen LogP contribution in [0.4, 0.5) is 0 Å². The first-order valence-electron chi connectivity index (χ1n) is 7.66. The Kier molecular flexibility index (Phi) is 5.02. The van der Waals surface area contributed by atoms with Crippen LogP contribution in [0.1, 0.15) is 15.4 Å². The minimum absolute atomic E-state index is 0.121. The van der Waals surface area contributed by atoms with E-state index >= 15 is 0 Å². The number of hydrogen-bond acceptors (Lipinski definition) is 5. The minimum atomic E-state index is -0.195. The summed E-state index contributed by atoms with van der Waals surface area (Å²) < 4.78 is 1.73. The van der Waals surface area contributed by atoms with Crippen molar-refractivity contribution in [1.82, 2.24) is 20.1 Å². The maximum atomic E-state index is 12.4. The zero-order valence-electron chi connectivity index (χ0n) is 13.3. The monoisotopic (exact) mass is 341 g/mol. The topological polar surface area (TPSA) is 85.8 Å². The van der Waals surface area contributed by atoms with Crippen LogP contribution < -0.4 is 11.1 Å². The van der Waals surface area contributed by atoms with E-state index in [1.54, 1.807) is 10.9 Å². The van der Waals surface area contributed by atoms with Crippen LogP contribution in [0.3, 0.4) is 0 Å². The number of aromatic nitrogens is 3. The normalized spacial score (nSPS) is 12.1. The Morgan fingerprint density at radius 2 is 2.12 bits per heavy atom. The Hall–Kier alpha value is -2.51. The maximum absolute atomic E-state index is 12.4. The molecule has 0 saturated carbocycles. The number of nitrogens with one attached hydrogen (secondary N) is 1. The summed E-state index contributed by atoms with van der Waals surface area (Å²) in [5.74, 6) is -0.195. The van der Waals surface area contributed by atoms with Crippen LogP contribution >= 0.6 is 11.3 Å². The van der Waals surface area contributed by atoms with Gasteiger partial charge in [0.1, 0.15) is 5.69 Å². The Morgan fingerprint density at radius 3 is 2.79 bits per heavy atom. The fourth-order valence-electron chi connectivity index (χ4n) is 2.46. The van der Waals surface area contributed by atoms with Gasteiger partial charge in [-0.3, -0.25) is 9.48 Å². The summed E-state index contributed by atoms with van der Waals surface area (Å²) in [7, 11) is 1.85. The van der Waals surface area contributed by atoms with Gasteiger partial charge in [-0.1, -0.05) is 30.3 Å². The highest BCUT2D eigenvalue weighted by Crippen LogP contribution is 2.21. The van der Waals surface area contributed by atoms with Gasteiger partial charge in [0.15, 0.2) is 5.01 Å². The highest BCUT2D eigenvalue weighted by Gasteiger charge is 2.17. The van der Waals surface area contributed by atoms with E-state index in [2.05, 4.69) is 15.4 Å². The molecule has 0 bridgehead atoms. The number of hydrogen-bond donors (Lipinski definition) is 2. The SMILES string of the molecule is Cn1nccc1-c1csc(C(=O)NC(CN)Cc2ccccc2)n1. The zero-order valence-corrected chi connectivity index (χ0v) is 14.2. The lowest BCUT2D eigenvalue weighted by atomic mass is 10.1. The average Bonchev–Trinajstić information content (AvgIpc) is 3.23. The van der Waals surface area contributed by atoms with E-state index in [4.69, 9.17) is 5.73 Å². The minimum Gasteiger partial charge on any atom is -0.346 e. The first-order chi connectivity index (χ1) is 11.7.